The van der Waals surface area contributed by atoms with Gasteiger partial charge in [0.1, 0.15) is 0 Å². The molecule has 0 atom stereocenters. The lowest BCUT2D eigenvalue weighted by Gasteiger charge is -2.14. The van der Waals surface area contributed by atoms with E-state index in [1.54, 1.807) is 17.4 Å². The van der Waals surface area contributed by atoms with Gasteiger partial charge in [-0.25, -0.2) is 9.78 Å². The first-order valence-corrected chi connectivity index (χ1v) is 9.06. The Balaban J connectivity index is 1.77. The first-order valence-electron chi connectivity index (χ1n) is 8.18. The van der Waals surface area contributed by atoms with E-state index in [0.717, 1.165) is 22.8 Å². The number of aromatic nitrogens is 1. The zero-order valence-electron chi connectivity index (χ0n) is 14.9. The number of amides is 2. The Labute approximate surface area is 154 Å². The summed E-state index contributed by atoms with van der Waals surface area (Å²) in [4.78, 5) is 16.3. The second-order valence-corrected chi connectivity index (χ2v) is 7.88. The summed E-state index contributed by atoms with van der Waals surface area (Å²) < 4.78 is 38.0. The molecule has 4 nitrogen and oxygen atoms in total. The average Bonchev–Trinajstić information content (AvgIpc) is 3.01. The Morgan fingerprint density at radius 2 is 1.92 bits per heavy atom. The molecular weight excluding hydrogens is 363 g/mol. The predicted molar refractivity (Wildman–Crippen MR) is 96.2 cm³/mol. The van der Waals surface area contributed by atoms with Crippen molar-refractivity contribution in [3.63, 3.8) is 0 Å². The van der Waals surface area contributed by atoms with E-state index in [-0.39, 0.29) is 12.0 Å². The number of carbonyl (C=O) groups excluding carboxylic acids is 1. The molecule has 0 aliphatic carbocycles. The molecule has 0 saturated carbocycles. The minimum atomic E-state index is -4.39. The number of alkyl halides is 3. The van der Waals surface area contributed by atoms with Crippen LogP contribution in [-0.4, -0.2) is 17.6 Å². The first-order chi connectivity index (χ1) is 12.1. The van der Waals surface area contributed by atoms with Crippen LogP contribution in [0.1, 0.15) is 42.6 Å². The number of urea groups is 1. The van der Waals surface area contributed by atoms with Crippen molar-refractivity contribution in [1.82, 2.24) is 15.6 Å². The van der Waals surface area contributed by atoms with E-state index >= 15 is 0 Å². The third-order valence-electron chi connectivity index (χ3n) is 3.65. The van der Waals surface area contributed by atoms with Crippen molar-refractivity contribution in [3.8, 4) is 0 Å². The van der Waals surface area contributed by atoms with E-state index < -0.39 is 17.8 Å². The van der Waals surface area contributed by atoms with Crippen LogP contribution in [0.5, 0.6) is 0 Å². The molecule has 26 heavy (non-hydrogen) atoms. The Morgan fingerprint density at radius 3 is 2.54 bits per heavy atom. The molecule has 0 saturated heterocycles. The Hall–Kier alpha value is -2.09. The molecule has 0 aliphatic heterocycles. The summed E-state index contributed by atoms with van der Waals surface area (Å²) in [5.74, 6) is 0. The van der Waals surface area contributed by atoms with Crippen LogP contribution in [0, 0.1) is 0 Å². The molecule has 2 amide bonds. The Morgan fingerprint density at radius 1 is 1.19 bits per heavy atom. The number of nitrogens with one attached hydrogen (secondary N) is 2. The lowest BCUT2D eigenvalue weighted by Crippen LogP contribution is -2.36. The molecule has 0 radical (unpaired) electrons. The highest BCUT2D eigenvalue weighted by molar-refractivity contribution is 7.09. The molecule has 2 rings (SSSR count). The first kappa shape index (κ1) is 20.2. The normalized spacial score (nSPS) is 12.1. The monoisotopic (exact) mass is 385 g/mol. The van der Waals surface area contributed by atoms with Crippen molar-refractivity contribution in [1.29, 1.82) is 0 Å². The number of benzene rings is 1. The number of hydrogen-bond donors (Lipinski definition) is 2. The van der Waals surface area contributed by atoms with Gasteiger partial charge in [0.05, 0.1) is 16.3 Å². The van der Waals surface area contributed by atoms with Crippen molar-refractivity contribution in [2.45, 2.75) is 45.3 Å². The number of thiazole rings is 1. The van der Waals surface area contributed by atoms with E-state index in [1.807, 2.05) is 5.38 Å². The van der Waals surface area contributed by atoms with Crippen molar-refractivity contribution in [3.05, 3.63) is 51.5 Å². The summed E-state index contributed by atoms with van der Waals surface area (Å²) in [7, 11) is 0. The molecule has 8 heteroatoms. The fourth-order valence-electron chi connectivity index (χ4n) is 2.16. The van der Waals surface area contributed by atoms with Gasteiger partial charge in [-0.2, -0.15) is 13.2 Å². The average molecular weight is 385 g/mol. The molecule has 1 aromatic heterocycles. The smallest absolute Gasteiger partial charge is 0.338 e. The standard InChI is InChI=1S/C18H22F3N3OS/c1-17(2,3)14-11-26-15(24-14)7-8-22-16(25)23-10-12-5-4-6-13(9-12)18(19,20)21/h4-6,9,11H,7-8,10H2,1-3H3,(H2,22,23,25). The summed E-state index contributed by atoms with van der Waals surface area (Å²) in [6.45, 7) is 6.70. The number of halogens is 3. The van der Waals surface area contributed by atoms with Gasteiger partial charge in [-0.15, -0.1) is 11.3 Å². The molecule has 2 N–H and O–H groups in total. The molecule has 0 spiro atoms. The van der Waals surface area contributed by atoms with Gasteiger partial charge in [0.25, 0.3) is 0 Å². The van der Waals surface area contributed by atoms with Crippen LogP contribution in [0.4, 0.5) is 18.0 Å². The summed E-state index contributed by atoms with van der Waals surface area (Å²) in [6.07, 6.45) is -3.78. The zero-order chi connectivity index (χ0) is 19.4. The highest BCUT2D eigenvalue weighted by Gasteiger charge is 2.30. The van der Waals surface area contributed by atoms with Crippen LogP contribution in [0.25, 0.3) is 0 Å². The Kier molecular flexibility index (Phi) is 6.28. The van der Waals surface area contributed by atoms with Crippen LogP contribution in [0.3, 0.4) is 0 Å². The van der Waals surface area contributed by atoms with Crippen molar-refractivity contribution >= 4 is 17.4 Å². The Bertz CT molecular complexity index is 751. The van der Waals surface area contributed by atoms with Gasteiger partial charge >= 0.3 is 12.2 Å². The number of rotatable bonds is 5. The lowest BCUT2D eigenvalue weighted by atomic mass is 9.93. The van der Waals surface area contributed by atoms with E-state index in [9.17, 15) is 18.0 Å². The van der Waals surface area contributed by atoms with Crippen molar-refractivity contribution in [2.75, 3.05) is 6.54 Å². The van der Waals surface area contributed by atoms with Gasteiger partial charge in [0.15, 0.2) is 0 Å². The molecule has 1 aromatic carbocycles. The molecule has 0 fully saturated rings. The molecule has 0 unspecified atom stereocenters. The molecule has 1 heterocycles. The van der Waals surface area contributed by atoms with Gasteiger partial charge in [-0.3, -0.25) is 0 Å². The van der Waals surface area contributed by atoms with Crippen LogP contribution in [0.15, 0.2) is 29.6 Å². The lowest BCUT2D eigenvalue weighted by molar-refractivity contribution is -0.137. The molecule has 2 aromatic rings. The van der Waals surface area contributed by atoms with Gasteiger partial charge in [0.2, 0.25) is 0 Å². The largest absolute Gasteiger partial charge is 0.416 e. The fourth-order valence-corrected chi connectivity index (χ4v) is 3.18. The van der Waals surface area contributed by atoms with Gasteiger partial charge in [0, 0.05) is 30.3 Å². The van der Waals surface area contributed by atoms with Crippen LogP contribution in [-0.2, 0) is 24.6 Å². The van der Waals surface area contributed by atoms with Crippen LogP contribution in [0.2, 0.25) is 0 Å². The maximum Gasteiger partial charge on any atom is 0.416 e. The van der Waals surface area contributed by atoms with E-state index in [1.165, 1.54) is 6.07 Å². The van der Waals surface area contributed by atoms with Gasteiger partial charge < -0.3 is 10.6 Å². The zero-order valence-corrected chi connectivity index (χ0v) is 15.7. The minimum Gasteiger partial charge on any atom is -0.338 e. The minimum absolute atomic E-state index is 0.00942. The van der Waals surface area contributed by atoms with Gasteiger partial charge in [-0.05, 0) is 17.7 Å². The van der Waals surface area contributed by atoms with Crippen molar-refractivity contribution in [2.24, 2.45) is 0 Å². The quantitative estimate of drug-likeness (QED) is 0.796. The predicted octanol–water partition coefficient (Wildman–Crippen LogP) is 4.50. The number of hydrogen-bond acceptors (Lipinski definition) is 3. The third-order valence-corrected chi connectivity index (χ3v) is 4.56. The second kappa shape index (κ2) is 8.07. The van der Waals surface area contributed by atoms with E-state index in [4.69, 9.17) is 0 Å². The summed E-state index contributed by atoms with van der Waals surface area (Å²) >= 11 is 1.55. The maximum atomic E-state index is 12.7. The molecule has 0 aliphatic rings. The van der Waals surface area contributed by atoms with Gasteiger partial charge in [-0.1, -0.05) is 32.9 Å². The topological polar surface area (TPSA) is 54.0 Å². The molecule has 142 valence electrons. The summed E-state index contributed by atoms with van der Waals surface area (Å²) in [5.41, 5.74) is 0.677. The summed E-state index contributed by atoms with van der Waals surface area (Å²) in [6, 6.07) is 4.48. The van der Waals surface area contributed by atoms with Crippen molar-refractivity contribution < 1.29 is 18.0 Å². The molecule has 0 bridgehead atoms. The highest BCUT2D eigenvalue weighted by Crippen LogP contribution is 2.29. The highest BCUT2D eigenvalue weighted by atomic mass is 32.1. The maximum absolute atomic E-state index is 12.7. The van der Waals surface area contributed by atoms with Crippen LogP contribution >= 0.6 is 11.3 Å². The van der Waals surface area contributed by atoms with Crippen LogP contribution < -0.4 is 10.6 Å². The van der Waals surface area contributed by atoms with E-state index in [2.05, 4.69) is 36.4 Å². The summed E-state index contributed by atoms with van der Waals surface area (Å²) in [5, 5.41) is 8.20. The molecular formula is C18H22F3N3OS. The third kappa shape index (κ3) is 6.01. The van der Waals surface area contributed by atoms with E-state index in [0.29, 0.717) is 18.5 Å². The SMILES string of the molecule is CC(C)(C)c1csc(CCNC(=O)NCc2cccc(C(F)(F)F)c2)n1. The number of carbonyl (C=O) groups is 1. The second-order valence-electron chi connectivity index (χ2n) is 6.93. The fraction of sp³-hybridized carbons (Fsp3) is 0.444. The number of nitrogens with zero attached hydrogens (tertiary/aromatic N) is 1.